The molecule has 0 saturated heterocycles. The number of fused-ring (bicyclic) bond motifs is 1. The number of amides is 1. The minimum absolute atomic E-state index is 0.207. The second-order valence-corrected chi connectivity index (χ2v) is 7.68. The Morgan fingerprint density at radius 2 is 2.07 bits per heavy atom. The summed E-state index contributed by atoms with van der Waals surface area (Å²) in [6.07, 6.45) is 1.59. The van der Waals surface area contributed by atoms with Gasteiger partial charge >= 0.3 is 5.97 Å². The average molecular weight is 419 g/mol. The van der Waals surface area contributed by atoms with Gasteiger partial charge in [-0.2, -0.15) is 5.10 Å². The molecule has 5 rings (SSSR count). The third-order valence-electron chi connectivity index (χ3n) is 4.99. The van der Waals surface area contributed by atoms with Gasteiger partial charge in [0.25, 0.3) is 5.91 Å². The predicted octanol–water partition coefficient (Wildman–Crippen LogP) is 4.66. The van der Waals surface area contributed by atoms with E-state index >= 15 is 0 Å². The lowest BCUT2D eigenvalue weighted by atomic mass is 10.0. The van der Waals surface area contributed by atoms with Crippen LogP contribution in [-0.2, 0) is 4.74 Å². The molecule has 7 nitrogen and oxygen atoms in total. The standard InChI is InChI=1S/C22H17N3O4S/c1-2-28-22(27)13-7-9-14(10-8-13)25-20(16-6-4-12-30-16)17-18(15-5-3-11-29-15)23-24-19(17)21(25)26/h3-12,20H,2H2,1H3,(H,23,24)/t20-/m0/s1. The van der Waals surface area contributed by atoms with Gasteiger partial charge < -0.3 is 9.15 Å². The van der Waals surface area contributed by atoms with Crippen molar-refractivity contribution in [1.29, 1.82) is 0 Å². The van der Waals surface area contributed by atoms with Crippen LogP contribution in [0.3, 0.4) is 0 Å². The van der Waals surface area contributed by atoms with Crippen LogP contribution in [0.2, 0.25) is 0 Å². The van der Waals surface area contributed by atoms with Crippen LogP contribution < -0.4 is 4.90 Å². The molecular weight excluding hydrogens is 402 g/mol. The first-order valence-corrected chi connectivity index (χ1v) is 10.3. The molecule has 8 heteroatoms. The summed E-state index contributed by atoms with van der Waals surface area (Å²) in [6, 6.07) is 14.1. The largest absolute Gasteiger partial charge is 0.463 e. The molecule has 1 atom stereocenters. The van der Waals surface area contributed by atoms with Gasteiger partial charge in [-0.05, 0) is 54.8 Å². The number of furan rings is 1. The topological polar surface area (TPSA) is 88.4 Å². The number of ether oxygens (including phenoxy) is 1. The first-order chi connectivity index (χ1) is 14.7. The molecule has 4 aromatic rings. The van der Waals surface area contributed by atoms with Crippen molar-refractivity contribution in [3.8, 4) is 11.5 Å². The average Bonchev–Trinajstić information content (AvgIpc) is 3.54. The summed E-state index contributed by atoms with van der Waals surface area (Å²) in [6.45, 7) is 2.07. The molecule has 1 N–H and O–H groups in total. The van der Waals surface area contributed by atoms with Crippen LogP contribution in [0.25, 0.3) is 11.5 Å². The summed E-state index contributed by atoms with van der Waals surface area (Å²) in [5, 5.41) is 9.24. The molecule has 150 valence electrons. The zero-order valence-electron chi connectivity index (χ0n) is 16.0. The van der Waals surface area contributed by atoms with Crippen LogP contribution in [-0.4, -0.2) is 28.7 Å². The summed E-state index contributed by atoms with van der Waals surface area (Å²) in [5.74, 6) is 0.0267. The maximum absolute atomic E-state index is 13.3. The van der Waals surface area contributed by atoms with Crippen LogP contribution in [0, 0.1) is 0 Å². The summed E-state index contributed by atoms with van der Waals surface area (Å²) in [7, 11) is 0. The summed E-state index contributed by atoms with van der Waals surface area (Å²) >= 11 is 1.57. The number of aromatic amines is 1. The fourth-order valence-electron chi connectivity index (χ4n) is 3.70. The number of esters is 1. The summed E-state index contributed by atoms with van der Waals surface area (Å²) in [5.41, 5.74) is 2.96. The van der Waals surface area contributed by atoms with Crippen molar-refractivity contribution in [2.24, 2.45) is 0 Å². The van der Waals surface area contributed by atoms with E-state index in [2.05, 4.69) is 10.2 Å². The Kier molecular flexibility index (Phi) is 4.48. The van der Waals surface area contributed by atoms with Crippen molar-refractivity contribution < 1.29 is 18.7 Å². The monoisotopic (exact) mass is 419 g/mol. The van der Waals surface area contributed by atoms with E-state index in [1.807, 2.05) is 23.6 Å². The molecule has 0 fully saturated rings. The van der Waals surface area contributed by atoms with E-state index in [-0.39, 0.29) is 17.9 Å². The maximum atomic E-state index is 13.3. The van der Waals surface area contributed by atoms with Crippen LogP contribution >= 0.6 is 11.3 Å². The molecule has 0 spiro atoms. The Balaban J connectivity index is 1.60. The lowest BCUT2D eigenvalue weighted by Crippen LogP contribution is -2.28. The molecule has 1 amide bonds. The summed E-state index contributed by atoms with van der Waals surface area (Å²) in [4.78, 5) is 28.0. The highest BCUT2D eigenvalue weighted by atomic mass is 32.1. The SMILES string of the molecule is CCOC(=O)c1ccc(N2C(=O)c3n[nH]c(-c4ccco4)c3[C@@H]2c2cccs2)cc1. The first-order valence-electron chi connectivity index (χ1n) is 9.45. The van der Waals surface area contributed by atoms with E-state index in [0.717, 1.165) is 10.4 Å². The Morgan fingerprint density at radius 1 is 1.23 bits per heavy atom. The Bertz CT molecular complexity index is 1190. The van der Waals surface area contributed by atoms with Crippen molar-refractivity contribution in [3.63, 3.8) is 0 Å². The van der Waals surface area contributed by atoms with E-state index in [1.54, 1.807) is 59.8 Å². The molecule has 1 aliphatic rings. The fraction of sp³-hybridized carbons (Fsp3) is 0.136. The number of thiophene rings is 1. The van der Waals surface area contributed by atoms with Crippen molar-refractivity contribution in [2.45, 2.75) is 13.0 Å². The van der Waals surface area contributed by atoms with E-state index in [9.17, 15) is 9.59 Å². The van der Waals surface area contributed by atoms with Gasteiger partial charge in [-0.3, -0.25) is 14.8 Å². The van der Waals surface area contributed by atoms with E-state index in [0.29, 0.717) is 35.0 Å². The molecule has 0 saturated carbocycles. The van der Waals surface area contributed by atoms with Gasteiger partial charge in [0.05, 0.1) is 18.4 Å². The molecular formula is C22H17N3O4S. The van der Waals surface area contributed by atoms with Crippen LogP contribution in [0.5, 0.6) is 0 Å². The first kappa shape index (κ1) is 18.4. The highest BCUT2D eigenvalue weighted by molar-refractivity contribution is 7.10. The number of hydrogen-bond acceptors (Lipinski definition) is 6. The van der Waals surface area contributed by atoms with Crippen LogP contribution in [0.4, 0.5) is 5.69 Å². The number of anilines is 1. The lowest BCUT2D eigenvalue weighted by molar-refractivity contribution is 0.0526. The number of benzene rings is 1. The molecule has 0 unspecified atom stereocenters. The number of carbonyl (C=O) groups is 2. The van der Waals surface area contributed by atoms with Crippen molar-refractivity contribution >= 4 is 28.9 Å². The zero-order valence-corrected chi connectivity index (χ0v) is 16.8. The molecule has 0 aliphatic carbocycles. The number of nitrogens with zero attached hydrogens (tertiary/aromatic N) is 2. The molecule has 30 heavy (non-hydrogen) atoms. The highest BCUT2D eigenvalue weighted by Gasteiger charge is 2.44. The zero-order chi connectivity index (χ0) is 20.7. The lowest BCUT2D eigenvalue weighted by Gasteiger charge is -2.25. The van der Waals surface area contributed by atoms with Gasteiger partial charge in [0, 0.05) is 16.1 Å². The van der Waals surface area contributed by atoms with Crippen molar-refractivity contribution in [2.75, 3.05) is 11.5 Å². The molecule has 3 aromatic heterocycles. The van der Waals surface area contributed by atoms with Crippen molar-refractivity contribution in [1.82, 2.24) is 10.2 Å². The Hall–Kier alpha value is -3.65. The second kappa shape index (κ2) is 7.31. The van der Waals surface area contributed by atoms with Crippen LogP contribution in [0.1, 0.15) is 44.3 Å². The number of aromatic nitrogens is 2. The predicted molar refractivity (Wildman–Crippen MR) is 112 cm³/mol. The number of hydrogen-bond donors (Lipinski definition) is 1. The minimum Gasteiger partial charge on any atom is -0.463 e. The Morgan fingerprint density at radius 3 is 2.73 bits per heavy atom. The quantitative estimate of drug-likeness (QED) is 0.476. The second-order valence-electron chi connectivity index (χ2n) is 6.70. The van der Waals surface area contributed by atoms with Gasteiger partial charge in [-0.1, -0.05) is 6.07 Å². The third-order valence-corrected chi connectivity index (χ3v) is 5.92. The number of carbonyl (C=O) groups excluding carboxylic acids is 2. The molecule has 1 aromatic carbocycles. The molecule has 0 radical (unpaired) electrons. The minimum atomic E-state index is -0.389. The van der Waals surface area contributed by atoms with E-state index in [4.69, 9.17) is 9.15 Å². The third kappa shape index (κ3) is 2.84. The van der Waals surface area contributed by atoms with E-state index < -0.39 is 0 Å². The maximum Gasteiger partial charge on any atom is 0.338 e. The summed E-state index contributed by atoms with van der Waals surface area (Å²) < 4.78 is 10.6. The van der Waals surface area contributed by atoms with E-state index in [1.165, 1.54) is 0 Å². The number of H-pyrrole nitrogens is 1. The van der Waals surface area contributed by atoms with Gasteiger partial charge in [-0.15, -0.1) is 11.3 Å². The van der Waals surface area contributed by atoms with Gasteiger partial charge in [0.15, 0.2) is 11.5 Å². The number of nitrogens with one attached hydrogen (secondary N) is 1. The van der Waals surface area contributed by atoms with Crippen LogP contribution in [0.15, 0.2) is 64.6 Å². The normalized spacial score (nSPS) is 15.4. The smallest absolute Gasteiger partial charge is 0.338 e. The van der Waals surface area contributed by atoms with Gasteiger partial charge in [0.1, 0.15) is 11.7 Å². The molecule has 0 bridgehead atoms. The molecule has 1 aliphatic heterocycles. The Labute approximate surface area is 175 Å². The fourth-order valence-corrected chi connectivity index (χ4v) is 4.53. The van der Waals surface area contributed by atoms with Crippen molar-refractivity contribution in [3.05, 3.63) is 81.9 Å². The van der Waals surface area contributed by atoms with Gasteiger partial charge in [-0.25, -0.2) is 4.79 Å². The number of rotatable bonds is 5. The molecule has 4 heterocycles. The highest BCUT2D eigenvalue weighted by Crippen LogP contribution is 2.46. The van der Waals surface area contributed by atoms with Gasteiger partial charge in [0.2, 0.25) is 0 Å².